The number of benzene rings is 1. The Labute approximate surface area is 99.8 Å². The van der Waals surface area contributed by atoms with Crippen molar-refractivity contribution in [1.29, 1.82) is 0 Å². The predicted molar refractivity (Wildman–Crippen MR) is 62.3 cm³/mol. The molecule has 0 amide bonds. The summed E-state index contributed by atoms with van der Waals surface area (Å²) in [4.78, 5) is 9.51. The molecule has 0 bridgehead atoms. The van der Waals surface area contributed by atoms with E-state index in [9.17, 15) is 13.2 Å². The number of nitrogens with two attached hydrogens (primary N) is 1. The van der Waals surface area contributed by atoms with Crippen LogP contribution in [0, 0.1) is 6.92 Å². The van der Waals surface area contributed by atoms with E-state index in [2.05, 4.69) is 0 Å². The highest BCUT2D eigenvalue weighted by molar-refractivity contribution is 7.85. The van der Waals surface area contributed by atoms with E-state index in [4.69, 9.17) is 15.4 Å². The summed E-state index contributed by atoms with van der Waals surface area (Å²) >= 11 is 0. The molecule has 0 radical (unpaired) electrons. The molecule has 0 heterocycles. The summed E-state index contributed by atoms with van der Waals surface area (Å²) < 4.78 is 29.6. The molecule has 0 aliphatic rings. The maximum Gasteiger partial charge on any atom is 0.320 e. The van der Waals surface area contributed by atoms with E-state index >= 15 is 0 Å². The van der Waals surface area contributed by atoms with E-state index in [-0.39, 0.29) is 4.90 Å². The van der Waals surface area contributed by atoms with E-state index in [0.717, 1.165) is 5.56 Å². The van der Waals surface area contributed by atoms with Gasteiger partial charge < -0.3 is 10.8 Å². The van der Waals surface area contributed by atoms with Crippen LogP contribution in [-0.4, -0.2) is 30.1 Å². The van der Waals surface area contributed by atoms with Gasteiger partial charge in [0.05, 0.1) is 4.90 Å². The van der Waals surface area contributed by atoms with Gasteiger partial charge in [-0.05, 0) is 26.0 Å². The topological polar surface area (TPSA) is 118 Å². The number of rotatable bonds is 2. The van der Waals surface area contributed by atoms with Gasteiger partial charge in [0, 0.05) is 0 Å². The molecule has 0 saturated carbocycles. The molecule has 1 unspecified atom stereocenters. The number of carboxylic acids is 1. The Morgan fingerprint density at radius 2 is 1.65 bits per heavy atom. The van der Waals surface area contributed by atoms with Crippen molar-refractivity contribution in [3.8, 4) is 0 Å². The van der Waals surface area contributed by atoms with Crippen LogP contribution in [0.25, 0.3) is 0 Å². The lowest BCUT2D eigenvalue weighted by atomic mass is 10.2. The van der Waals surface area contributed by atoms with E-state index in [1.165, 1.54) is 19.1 Å². The molecule has 96 valence electrons. The molecule has 7 heteroatoms. The summed E-state index contributed by atoms with van der Waals surface area (Å²) in [6, 6.07) is 5.26. The first-order valence-electron chi connectivity index (χ1n) is 4.67. The summed E-state index contributed by atoms with van der Waals surface area (Å²) in [6.45, 7) is 3.26. The maximum atomic E-state index is 10.5. The number of hydrogen-bond acceptors (Lipinski definition) is 4. The van der Waals surface area contributed by atoms with Crippen molar-refractivity contribution in [3.05, 3.63) is 29.8 Å². The molecule has 6 nitrogen and oxygen atoms in total. The van der Waals surface area contributed by atoms with Crippen molar-refractivity contribution >= 4 is 16.1 Å². The molecule has 0 fully saturated rings. The third-order valence-corrected chi connectivity index (χ3v) is 2.58. The van der Waals surface area contributed by atoms with Gasteiger partial charge in [-0.3, -0.25) is 9.35 Å². The Morgan fingerprint density at radius 3 is 1.88 bits per heavy atom. The van der Waals surface area contributed by atoms with Gasteiger partial charge in [-0.25, -0.2) is 0 Å². The summed E-state index contributed by atoms with van der Waals surface area (Å²) in [7, 11) is -4.02. The van der Waals surface area contributed by atoms with Crippen LogP contribution in [0.3, 0.4) is 0 Å². The second kappa shape index (κ2) is 6.33. The Hall–Kier alpha value is -1.44. The van der Waals surface area contributed by atoms with E-state index in [1.54, 1.807) is 12.1 Å². The zero-order chi connectivity index (χ0) is 13.6. The number of aryl methyl sites for hydroxylation is 1. The molecule has 0 saturated heterocycles. The lowest BCUT2D eigenvalue weighted by Gasteiger charge is -1.95. The van der Waals surface area contributed by atoms with Crippen LogP contribution in [0.15, 0.2) is 29.2 Å². The maximum absolute atomic E-state index is 10.5. The Balaban J connectivity index is 0.000000366. The van der Waals surface area contributed by atoms with Crippen molar-refractivity contribution < 1.29 is 22.9 Å². The zero-order valence-electron chi connectivity index (χ0n) is 9.49. The highest BCUT2D eigenvalue weighted by Crippen LogP contribution is 2.08. The van der Waals surface area contributed by atoms with Gasteiger partial charge in [-0.15, -0.1) is 0 Å². The van der Waals surface area contributed by atoms with Crippen LogP contribution in [0.1, 0.15) is 12.5 Å². The summed E-state index contributed by atoms with van der Waals surface area (Å²) in [6.07, 6.45) is 0. The minimum Gasteiger partial charge on any atom is -0.480 e. The molecule has 17 heavy (non-hydrogen) atoms. The lowest BCUT2D eigenvalue weighted by molar-refractivity contribution is -0.138. The van der Waals surface area contributed by atoms with Gasteiger partial charge in [0.15, 0.2) is 0 Å². The highest BCUT2D eigenvalue weighted by atomic mass is 32.2. The predicted octanol–water partition coefficient (Wildman–Crippen LogP) is 0.660. The standard InChI is InChI=1S/C7H8O3S.C3H7NO2/c1-6-2-4-7(5-3-6)11(8,9)10;1-2(4)3(5)6/h2-5H,1H3,(H,8,9,10);2H,4H2,1H3,(H,5,6). The molecule has 1 aromatic carbocycles. The van der Waals surface area contributed by atoms with Gasteiger partial charge in [0.25, 0.3) is 10.1 Å². The summed E-state index contributed by atoms with van der Waals surface area (Å²) in [5, 5.41) is 7.87. The number of carbonyl (C=O) groups is 1. The third-order valence-electron chi connectivity index (χ3n) is 1.71. The average molecular weight is 261 g/mol. The quantitative estimate of drug-likeness (QED) is 0.673. The normalized spacial score (nSPS) is 12.2. The fourth-order valence-corrected chi connectivity index (χ4v) is 1.19. The molecular weight excluding hydrogens is 246 g/mol. The van der Waals surface area contributed by atoms with Crippen LogP contribution in [0.5, 0.6) is 0 Å². The van der Waals surface area contributed by atoms with Crippen molar-refractivity contribution in [3.63, 3.8) is 0 Å². The van der Waals surface area contributed by atoms with Gasteiger partial charge in [0.1, 0.15) is 6.04 Å². The first kappa shape index (κ1) is 15.6. The van der Waals surface area contributed by atoms with E-state index in [1.807, 2.05) is 6.92 Å². The minimum absolute atomic E-state index is 0.0666. The van der Waals surface area contributed by atoms with Crippen molar-refractivity contribution in [2.75, 3.05) is 0 Å². The third kappa shape index (κ3) is 6.67. The fourth-order valence-electron chi connectivity index (χ4n) is 0.710. The minimum atomic E-state index is -4.02. The summed E-state index contributed by atoms with van der Waals surface area (Å²) in [5.41, 5.74) is 5.79. The van der Waals surface area contributed by atoms with Gasteiger partial charge in [-0.1, -0.05) is 17.7 Å². The van der Waals surface area contributed by atoms with Crippen LogP contribution in [0.4, 0.5) is 0 Å². The van der Waals surface area contributed by atoms with Crippen molar-refractivity contribution in [1.82, 2.24) is 0 Å². The molecule has 1 atom stereocenters. The first-order chi connectivity index (χ1) is 7.64. The second-order valence-corrected chi connectivity index (χ2v) is 4.84. The molecule has 0 aliphatic heterocycles. The first-order valence-corrected chi connectivity index (χ1v) is 6.11. The Kier molecular flexibility index (Phi) is 5.80. The molecule has 0 spiro atoms. The van der Waals surface area contributed by atoms with Gasteiger partial charge in [0.2, 0.25) is 0 Å². The average Bonchev–Trinajstić information content (AvgIpc) is 2.17. The number of aliphatic carboxylic acids is 1. The highest BCUT2D eigenvalue weighted by Gasteiger charge is 2.06. The van der Waals surface area contributed by atoms with Crippen LogP contribution < -0.4 is 5.73 Å². The van der Waals surface area contributed by atoms with Crippen molar-refractivity contribution in [2.24, 2.45) is 5.73 Å². The number of hydrogen-bond donors (Lipinski definition) is 3. The summed E-state index contributed by atoms with van der Waals surface area (Å²) in [5.74, 6) is -0.963. The molecule has 4 N–H and O–H groups in total. The Bertz CT molecular complexity index is 464. The molecular formula is C10H15NO5S. The van der Waals surface area contributed by atoms with Crippen LogP contribution in [0.2, 0.25) is 0 Å². The second-order valence-electron chi connectivity index (χ2n) is 3.42. The van der Waals surface area contributed by atoms with Gasteiger partial charge >= 0.3 is 5.97 Å². The zero-order valence-corrected chi connectivity index (χ0v) is 10.3. The number of carboxylic acid groups (broad SMARTS) is 1. The van der Waals surface area contributed by atoms with Crippen LogP contribution >= 0.6 is 0 Å². The van der Waals surface area contributed by atoms with Crippen LogP contribution in [-0.2, 0) is 14.9 Å². The molecule has 1 rings (SSSR count). The molecule has 1 aromatic rings. The van der Waals surface area contributed by atoms with Crippen molar-refractivity contribution in [2.45, 2.75) is 24.8 Å². The van der Waals surface area contributed by atoms with Gasteiger partial charge in [-0.2, -0.15) is 8.42 Å². The SMILES string of the molecule is CC(N)C(=O)O.Cc1ccc(S(=O)(=O)O)cc1. The fraction of sp³-hybridized carbons (Fsp3) is 0.300. The monoisotopic (exact) mass is 261 g/mol. The van der Waals surface area contributed by atoms with E-state index in [0.29, 0.717) is 0 Å². The Morgan fingerprint density at radius 1 is 1.29 bits per heavy atom. The van der Waals surface area contributed by atoms with E-state index < -0.39 is 22.1 Å². The molecule has 0 aliphatic carbocycles. The largest absolute Gasteiger partial charge is 0.480 e. The molecule has 0 aromatic heterocycles. The smallest absolute Gasteiger partial charge is 0.320 e. The lowest BCUT2D eigenvalue weighted by Crippen LogP contribution is -2.25.